The molecule has 4 rings (SSSR count). The van der Waals surface area contributed by atoms with Crippen LogP contribution in [0.1, 0.15) is 79.8 Å². The smallest absolute Gasteiger partial charge is 0.325 e. The van der Waals surface area contributed by atoms with Crippen molar-refractivity contribution in [2.45, 2.75) is 71.0 Å². The number of aryl methyl sites for hydroxylation is 1. The highest BCUT2D eigenvalue weighted by Gasteiger charge is 2.42. The summed E-state index contributed by atoms with van der Waals surface area (Å²) in [5.41, 5.74) is 4.66. The second-order valence-corrected chi connectivity index (χ2v) is 8.93. The number of hydrogen-bond acceptors (Lipinski definition) is 4. The molecule has 0 spiro atoms. The standard InChI is InChI=1S/C24H32N4O2S/c1-4-30-21(29)15-27-23(22(26-24(27)31)20-12-8-9-13-25-20)19-14-16(2)28(17(19)3)18-10-6-5-7-11-18/h8-9,12-14,18,22-23H,4-7,10-11,15H2,1-3H3,(H,26,31)/t22-,23+/m0/s1. The molecule has 0 unspecified atom stereocenters. The normalized spacial score (nSPS) is 21.9. The summed E-state index contributed by atoms with van der Waals surface area (Å²) in [7, 11) is 0. The molecular weight excluding hydrogens is 408 g/mol. The van der Waals surface area contributed by atoms with Crippen LogP contribution in [0.25, 0.3) is 0 Å². The maximum absolute atomic E-state index is 12.4. The Kier molecular flexibility index (Phi) is 6.60. The lowest BCUT2D eigenvalue weighted by molar-refractivity contribution is -0.143. The van der Waals surface area contributed by atoms with Crippen LogP contribution in [0.4, 0.5) is 0 Å². The number of carbonyl (C=O) groups excluding carboxylic acids is 1. The summed E-state index contributed by atoms with van der Waals surface area (Å²) >= 11 is 5.68. The van der Waals surface area contributed by atoms with Gasteiger partial charge in [-0.05, 0) is 69.6 Å². The quantitative estimate of drug-likeness (QED) is 0.526. The topological polar surface area (TPSA) is 59.4 Å². The third-order valence-electron chi connectivity index (χ3n) is 6.58. The predicted octanol–water partition coefficient (Wildman–Crippen LogP) is 4.54. The minimum absolute atomic E-state index is 0.115. The van der Waals surface area contributed by atoms with Gasteiger partial charge in [0.25, 0.3) is 0 Å². The average Bonchev–Trinajstić information content (AvgIpc) is 3.25. The number of nitrogens with zero attached hydrogens (tertiary/aromatic N) is 3. The number of pyridine rings is 1. The van der Waals surface area contributed by atoms with Gasteiger partial charge < -0.3 is 19.5 Å². The van der Waals surface area contributed by atoms with Crippen LogP contribution in [0, 0.1) is 13.8 Å². The third-order valence-corrected chi connectivity index (χ3v) is 6.94. The molecule has 1 saturated heterocycles. The van der Waals surface area contributed by atoms with E-state index in [0.717, 1.165) is 5.69 Å². The third kappa shape index (κ3) is 4.33. The highest BCUT2D eigenvalue weighted by molar-refractivity contribution is 7.80. The fraction of sp³-hybridized carbons (Fsp3) is 0.542. The summed E-state index contributed by atoms with van der Waals surface area (Å²) in [6.07, 6.45) is 8.17. The molecule has 31 heavy (non-hydrogen) atoms. The van der Waals surface area contributed by atoms with Crippen molar-refractivity contribution in [2.24, 2.45) is 0 Å². The molecule has 2 aromatic heterocycles. The predicted molar refractivity (Wildman–Crippen MR) is 125 cm³/mol. The summed E-state index contributed by atoms with van der Waals surface area (Å²) in [6.45, 7) is 6.70. The van der Waals surface area contributed by atoms with Gasteiger partial charge in [0, 0.05) is 23.6 Å². The highest BCUT2D eigenvalue weighted by Crippen LogP contribution is 2.42. The van der Waals surface area contributed by atoms with E-state index in [1.165, 1.54) is 49.1 Å². The van der Waals surface area contributed by atoms with Crippen molar-refractivity contribution < 1.29 is 9.53 Å². The summed E-state index contributed by atoms with van der Waals surface area (Å²) in [4.78, 5) is 19.0. The summed E-state index contributed by atoms with van der Waals surface area (Å²) < 4.78 is 7.75. The van der Waals surface area contributed by atoms with E-state index in [1.807, 2.05) is 30.0 Å². The fourth-order valence-electron chi connectivity index (χ4n) is 5.26. The van der Waals surface area contributed by atoms with Gasteiger partial charge in [0.2, 0.25) is 0 Å². The Morgan fingerprint density at radius 2 is 2.03 bits per heavy atom. The Morgan fingerprint density at radius 1 is 1.26 bits per heavy atom. The Morgan fingerprint density at radius 3 is 2.71 bits per heavy atom. The molecule has 7 heteroatoms. The molecule has 166 valence electrons. The van der Waals surface area contributed by atoms with Crippen molar-refractivity contribution >= 4 is 23.3 Å². The van der Waals surface area contributed by atoms with Crippen LogP contribution in [-0.4, -0.2) is 38.7 Å². The molecule has 2 aromatic rings. The van der Waals surface area contributed by atoms with Crippen LogP contribution in [0.5, 0.6) is 0 Å². The molecule has 0 radical (unpaired) electrons. The minimum Gasteiger partial charge on any atom is -0.465 e. The van der Waals surface area contributed by atoms with Crippen LogP contribution >= 0.6 is 12.2 Å². The van der Waals surface area contributed by atoms with Gasteiger partial charge in [0.1, 0.15) is 6.54 Å². The van der Waals surface area contributed by atoms with Crippen molar-refractivity contribution in [1.29, 1.82) is 0 Å². The first-order chi connectivity index (χ1) is 15.0. The lowest BCUT2D eigenvalue weighted by atomic mass is 9.94. The van der Waals surface area contributed by atoms with E-state index in [9.17, 15) is 4.79 Å². The average molecular weight is 441 g/mol. The molecule has 3 heterocycles. The first kappa shape index (κ1) is 21.8. The summed E-state index contributed by atoms with van der Waals surface area (Å²) in [6, 6.07) is 8.51. The zero-order chi connectivity index (χ0) is 22.0. The molecular formula is C24H32N4O2S. The van der Waals surface area contributed by atoms with Crippen LogP contribution in [-0.2, 0) is 9.53 Å². The van der Waals surface area contributed by atoms with Gasteiger partial charge in [-0.2, -0.15) is 0 Å². The Labute approximate surface area is 190 Å². The zero-order valence-electron chi connectivity index (χ0n) is 18.6. The molecule has 2 aliphatic rings. The van der Waals surface area contributed by atoms with E-state index in [1.54, 1.807) is 6.20 Å². The number of carbonyl (C=O) groups is 1. The van der Waals surface area contributed by atoms with Crippen molar-refractivity contribution in [3.63, 3.8) is 0 Å². The van der Waals surface area contributed by atoms with E-state index >= 15 is 0 Å². The monoisotopic (exact) mass is 440 g/mol. The second-order valence-electron chi connectivity index (χ2n) is 8.55. The van der Waals surface area contributed by atoms with Crippen molar-refractivity contribution in [1.82, 2.24) is 19.8 Å². The Balaban J connectivity index is 1.75. The first-order valence-corrected chi connectivity index (χ1v) is 11.7. The van der Waals surface area contributed by atoms with Gasteiger partial charge in [-0.1, -0.05) is 25.3 Å². The SMILES string of the molecule is CCOC(=O)CN1C(=S)N[C@@H](c2ccccn2)[C@H]1c1cc(C)n(C2CCCCC2)c1C. The van der Waals surface area contributed by atoms with E-state index in [4.69, 9.17) is 17.0 Å². The number of aromatic nitrogens is 2. The molecule has 2 atom stereocenters. The van der Waals surface area contributed by atoms with E-state index < -0.39 is 0 Å². The van der Waals surface area contributed by atoms with Gasteiger partial charge >= 0.3 is 5.97 Å². The lowest BCUT2D eigenvalue weighted by Gasteiger charge is -2.29. The number of rotatable bonds is 6. The molecule has 2 fully saturated rings. The largest absolute Gasteiger partial charge is 0.465 e. The molecule has 0 amide bonds. The number of esters is 1. The van der Waals surface area contributed by atoms with Gasteiger partial charge in [-0.3, -0.25) is 9.78 Å². The Hall–Kier alpha value is -2.41. The van der Waals surface area contributed by atoms with Gasteiger partial charge in [-0.15, -0.1) is 0 Å². The molecule has 6 nitrogen and oxygen atoms in total. The highest BCUT2D eigenvalue weighted by atomic mass is 32.1. The first-order valence-electron chi connectivity index (χ1n) is 11.3. The molecule has 1 saturated carbocycles. The van der Waals surface area contributed by atoms with Crippen LogP contribution in [0.3, 0.4) is 0 Å². The van der Waals surface area contributed by atoms with E-state index in [2.05, 4.69) is 34.8 Å². The maximum atomic E-state index is 12.4. The van der Waals surface area contributed by atoms with Gasteiger partial charge in [-0.25, -0.2) is 0 Å². The molecule has 0 bridgehead atoms. The van der Waals surface area contributed by atoms with Crippen LogP contribution < -0.4 is 5.32 Å². The molecule has 0 aromatic carbocycles. The van der Waals surface area contributed by atoms with Gasteiger partial charge in [0.15, 0.2) is 5.11 Å². The van der Waals surface area contributed by atoms with E-state index in [0.29, 0.717) is 17.8 Å². The summed E-state index contributed by atoms with van der Waals surface area (Å²) in [5, 5.41) is 4.00. The van der Waals surface area contributed by atoms with Crippen LogP contribution in [0.2, 0.25) is 0 Å². The zero-order valence-corrected chi connectivity index (χ0v) is 19.5. The number of hydrogen-bond donors (Lipinski definition) is 1. The number of nitrogens with one attached hydrogen (secondary N) is 1. The number of ether oxygens (including phenoxy) is 1. The second kappa shape index (κ2) is 9.39. The molecule has 1 N–H and O–H groups in total. The van der Waals surface area contributed by atoms with Gasteiger partial charge in [0.05, 0.1) is 24.4 Å². The van der Waals surface area contributed by atoms with Crippen molar-refractivity contribution in [2.75, 3.05) is 13.2 Å². The minimum atomic E-state index is -0.264. The Bertz CT molecular complexity index is 937. The lowest BCUT2D eigenvalue weighted by Crippen LogP contribution is -2.35. The van der Waals surface area contributed by atoms with Crippen molar-refractivity contribution in [3.05, 3.63) is 53.1 Å². The molecule has 1 aliphatic heterocycles. The van der Waals surface area contributed by atoms with E-state index in [-0.39, 0.29) is 24.6 Å². The number of thiocarbonyl (C=S) groups is 1. The van der Waals surface area contributed by atoms with Crippen molar-refractivity contribution in [3.8, 4) is 0 Å². The summed E-state index contributed by atoms with van der Waals surface area (Å²) in [5.74, 6) is -0.264. The maximum Gasteiger partial charge on any atom is 0.325 e. The molecule has 1 aliphatic carbocycles. The fourth-order valence-corrected chi connectivity index (χ4v) is 5.57. The van der Waals surface area contributed by atoms with Crippen LogP contribution in [0.15, 0.2) is 30.5 Å².